The van der Waals surface area contributed by atoms with E-state index in [1.54, 1.807) is 0 Å². The van der Waals surface area contributed by atoms with E-state index < -0.39 is 5.60 Å². The van der Waals surface area contributed by atoms with Crippen LogP contribution in [0.2, 0.25) is 0 Å². The molecule has 4 heteroatoms. The van der Waals surface area contributed by atoms with Crippen molar-refractivity contribution in [2.24, 2.45) is 4.99 Å². The summed E-state index contributed by atoms with van der Waals surface area (Å²) < 4.78 is 11.3. The summed E-state index contributed by atoms with van der Waals surface area (Å²) in [7, 11) is 1.54. The fourth-order valence-corrected chi connectivity index (χ4v) is 2.14. The molecule has 1 aliphatic rings. The zero-order chi connectivity index (χ0) is 13.9. The Labute approximate surface area is 113 Å². The van der Waals surface area contributed by atoms with Gasteiger partial charge in [-0.05, 0) is 19.4 Å². The minimum atomic E-state index is -0.813. The van der Waals surface area contributed by atoms with Crippen LogP contribution in [-0.4, -0.2) is 30.1 Å². The molecule has 1 aliphatic heterocycles. The van der Waals surface area contributed by atoms with Crippen molar-refractivity contribution in [3.63, 3.8) is 0 Å². The van der Waals surface area contributed by atoms with Gasteiger partial charge in [-0.3, -0.25) is 4.99 Å². The maximum absolute atomic E-state index is 9.89. The standard InChI is InChI=1S/C15H19NO3/c1-11-15(2,14(18-3)13(17)9-16-11)19-10-12-7-5-4-6-8-12/h4-8,17H,9-10H2,1-3H3. The van der Waals surface area contributed by atoms with Gasteiger partial charge in [0.25, 0.3) is 0 Å². The van der Waals surface area contributed by atoms with Crippen molar-refractivity contribution in [2.75, 3.05) is 13.7 Å². The molecule has 2 rings (SSSR count). The third-order valence-electron chi connectivity index (χ3n) is 3.43. The lowest BCUT2D eigenvalue weighted by Crippen LogP contribution is -2.43. The van der Waals surface area contributed by atoms with E-state index in [1.165, 1.54) is 7.11 Å². The van der Waals surface area contributed by atoms with Gasteiger partial charge in [0, 0.05) is 5.71 Å². The predicted molar refractivity (Wildman–Crippen MR) is 74.3 cm³/mol. The number of hydrogen-bond donors (Lipinski definition) is 1. The van der Waals surface area contributed by atoms with Crippen molar-refractivity contribution < 1.29 is 14.6 Å². The number of aliphatic hydroxyl groups is 1. The molecule has 1 aromatic carbocycles. The highest BCUT2D eigenvalue weighted by atomic mass is 16.5. The van der Waals surface area contributed by atoms with Crippen molar-refractivity contribution >= 4 is 5.71 Å². The molecule has 1 atom stereocenters. The quantitative estimate of drug-likeness (QED) is 0.906. The third kappa shape index (κ3) is 2.63. The Bertz CT molecular complexity index is 507. The molecule has 0 spiro atoms. The summed E-state index contributed by atoms with van der Waals surface area (Å²) in [5.74, 6) is 0.569. The van der Waals surface area contributed by atoms with Crippen LogP contribution in [0.5, 0.6) is 0 Å². The molecule has 0 saturated carbocycles. The first kappa shape index (κ1) is 13.6. The van der Waals surface area contributed by atoms with E-state index in [2.05, 4.69) is 4.99 Å². The molecule has 0 aliphatic carbocycles. The molecule has 1 heterocycles. The van der Waals surface area contributed by atoms with Crippen LogP contribution >= 0.6 is 0 Å². The first-order valence-corrected chi connectivity index (χ1v) is 6.24. The third-order valence-corrected chi connectivity index (χ3v) is 3.43. The van der Waals surface area contributed by atoms with Gasteiger partial charge in [-0.15, -0.1) is 0 Å². The van der Waals surface area contributed by atoms with E-state index in [0.29, 0.717) is 12.4 Å². The Hall–Kier alpha value is -1.81. The molecule has 1 unspecified atom stereocenters. The zero-order valence-corrected chi connectivity index (χ0v) is 11.5. The van der Waals surface area contributed by atoms with E-state index in [4.69, 9.17) is 9.47 Å². The van der Waals surface area contributed by atoms with E-state index >= 15 is 0 Å². The summed E-state index contributed by atoms with van der Waals surface area (Å²) in [6, 6.07) is 9.88. The molecule has 1 N–H and O–H groups in total. The molecule has 4 nitrogen and oxygen atoms in total. The van der Waals surface area contributed by atoms with Crippen LogP contribution in [0, 0.1) is 0 Å². The van der Waals surface area contributed by atoms with Crippen LogP contribution in [0.4, 0.5) is 0 Å². The van der Waals surface area contributed by atoms with E-state index in [9.17, 15) is 5.11 Å². The lowest BCUT2D eigenvalue weighted by Gasteiger charge is -2.34. The number of hydrogen-bond acceptors (Lipinski definition) is 4. The summed E-state index contributed by atoms with van der Waals surface area (Å²) in [6.07, 6.45) is 0. The number of ether oxygens (including phenoxy) is 2. The van der Waals surface area contributed by atoms with Gasteiger partial charge in [-0.25, -0.2) is 0 Å². The number of nitrogens with zero attached hydrogens (tertiary/aromatic N) is 1. The number of rotatable bonds is 4. The van der Waals surface area contributed by atoms with Crippen molar-refractivity contribution in [3.05, 3.63) is 47.4 Å². The molecule has 0 bridgehead atoms. The normalized spacial score (nSPS) is 23.2. The monoisotopic (exact) mass is 261 g/mol. The van der Waals surface area contributed by atoms with Gasteiger partial charge in [-0.2, -0.15) is 0 Å². The van der Waals surface area contributed by atoms with Crippen LogP contribution < -0.4 is 0 Å². The first-order chi connectivity index (χ1) is 9.08. The number of aliphatic imine (C=N–C) groups is 1. The summed E-state index contributed by atoms with van der Waals surface area (Å²) in [4.78, 5) is 4.28. The van der Waals surface area contributed by atoms with Gasteiger partial charge in [-0.1, -0.05) is 30.3 Å². The largest absolute Gasteiger partial charge is 0.507 e. The molecule has 19 heavy (non-hydrogen) atoms. The first-order valence-electron chi connectivity index (χ1n) is 6.24. The fourth-order valence-electron chi connectivity index (χ4n) is 2.14. The van der Waals surface area contributed by atoms with Gasteiger partial charge in [0.05, 0.1) is 20.3 Å². The van der Waals surface area contributed by atoms with Crippen molar-refractivity contribution in [2.45, 2.75) is 26.1 Å². The summed E-state index contributed by atoms with van der Waals surface area (Å²) in [5.41, 5.74) is 1.06. The van der Waals surface area contributed by atoms with Crippen molar-refractivity contribution in [1.82, 2.24) is 0 Å². The molecular weight excluding hydrogens is 242 g/mol. The second-order valence-electron chi connectivity index (χ2n) is 4.69. The second kappa shape index (κ2) is 5.45. The zero-order valence-electron chi connectivity index (χ0n) is 11.5. The number of aliphatic hydroxyl groups excluding tert-OH is 1. The van der Waals surface area contributed by atoms with E-state index in [-0.39, 0.29) is 12.3 Å². The molecule has 0 aromatic heterocycles. The second-order valence-corrected chi connectivity index (χ2v) is 4.69. The van der Waals surface area contributed by atoms with Crippen LogP contribution in [0.15, 0.2) is 46.8 Å². The van der Waals surface area contributed by atoms with Gasteiger partial charge in [0.15, 0.2) is 17.1 Å². The van der Waals surface area contributed by atoms with Crippen LogP contribution in [0.25, 0.3) is 0 Å². The summed E-state index contributed by atoms with van der Waals surface area (Å²) >= 11 is 0. The van der Waals surface area contributed by atoms with Crippen LogP contribution in [-0.2, 0) is 16.1 Å². The van der Waals surface area contributed by atoms with Crippen LogP contribution in [0.1, 0.15) is 19.4 Å². The van der Waals surface area contributed by atoms with Gasteiger partial charge >= 0.3 is 0 Å². The smallest absolute Gasteiger partial charge is 0.172 e. The lowest BCUT2D eigenvalue weighted by atomic mass is 9.94. The molecule has 0 radical (unpaired) electrons. The van der Waals surface area contributed by atoms with E-state index in [1.807, 2.05) is 44.2 Å². The Morgan fingerprint density at radius 2 is 2.00 bits per heavy atom. The summed E-state index contributed by atoms with van der Waals surface area (Å²) in [6.45, 7) is 4.43. The maximum Gasteiger partial charge on any atom is 0.172 e. The highest BCUT2D eigenvalue weighted by Crippen LogP contribution is 2.30. The highest BCUT2D eigenvalue weighted by Gasteiger charge is 2.40. The number of dihydropyridines is 1. The highest BCUT2D eigenvalue weighted by molar-refractivity contribution is 5.93. The minimum absolute atomic E-state index is 0.128. The SMILES string of the molecule is COC1=C(O)CN=C(C)C1(C)OCc1ccccc1. The number of benzene rings is 1. The Morgan fingerprint density at radius 1 is 1.32 bits per heavy atom. The fraction of sp³-hybridized carbons (Fsp3) is 0.400. The molecule has 0 amide bonds. The Kier molecular flexibility index (Phi) is 3.90. The van der Waals surface area contributed by atoms with Crippen LogP contribution in [0.3, 0.4) is 0 Å². The Morgan fingerprint density at radius 3 is 2.63 bits per heavy atom. The average molecular weight is 261 g/mol. The molecule has 0 saturated heterocycles. The Balaban J connectivity index is 2.20. The van der Waals surface area contributed by atoms with Crippen molar-refractivity contribution in [1.29, 1.82) is 0 Å². The van der Waals surface area contributed by atoms with Gasteiger partial charge in [0.2, 0.25) is 0 Å². The average Bonchev–Trinajstić information content (AvgIpc) is 2.43. The topological polar surface area (TPSA) is 51.0 Å². The minimum Gasteiger partial charge on any atom is -0.507 e. The molecular formula is C15H19NO3. The van der Waals surface area contributed by atoms with E-state index in [0.717, 1.165) is 11.3 Å². The number of methoxy groups -OCH3 is 1. The molecule has 0 fully saturated rings. The predicted octanol–water partition coefficient (Wildman–Crippen LogP) is 2.85. The lowest BCUT2D eigenvalue weighted by molar-refractivity contribution is -0.00887. The molecule has 102 valence electrons. The van der Waals surface area contributed by atoms with Gasteiger partial charge in [0.1, 0.15) is 0 Å². The van der Waals surface area contributed by atoms with Gasteiger partial charge < -0.3 is 14.6 Å². The van der Waals surface area contributed by atoms with Crippen molar-refractivity contribution in [3.8, 4) is 0 Å². The molecule has 1 aromatic rings. The summed E-state index contributed by atoms with van der Waals surface area (Å²) in [5, 5.41) is 9.89. The maximum atomic E-state index is 9.89.